The van der Waals surface area contributed by atoms with E-state index < -0.39 is 21.9 Å². The number of benzene rings is 1. The molecule has 0 aliphatic carbocycles. The molecule has 1 atom stereocenters. The fourth-order valence-electron chi connectivity index (χ4n) is 2.33. The number of rotatable bonds is 3. The summed E-state index contributed by atoms with van der Waals surface area (Å²) >= 11 is 0. The molecule has 0 bridgehead atoms. The van der Waals surface area contributed by atoms with Crippen molar-refractivity contribution in [3.05, 3.63) is 24.3 Å². The number of hydrogen-bond acceptors (Lipinski definition) is 5. The molecule has 20 heavy (non-hydrogen) atoms. The average Bonchev–Trinajstić information content (AvgIpc) is 2.47. The molecule has 1 saturated heterocycles. The summed E-state index contributed by atoms with van der Waals surface area (Å²) in [5.74, 6) is -1.13. The van der Waals surface area contributed by atoms with Gasteiger partial charge in [-0.15, -0.1) is 0 Å². The molecule has 0 saturated carbocycles. The highest BCUT2D eigenvalue weighted by Gasteiger charge is 2.34. The average molecular weight is 299 g/mol. The third-order valence-corrected chi connectivity index (χ3v) is 5.31. The quantitative estimate of drug-likeness (QED) is 0.841. The molecule has 0 amide bonds. The molecule has 1 heterocycles. The van der Waals surface area contributed by atoms with Crippen molar-refractivity contribution in [1.29, 1.82) is 0 Å². The number of para-hydroxylation sites is 1. The smallest absolute Gasteiger partial charge is 0.309 e. The van der Waals surface area contributed by atoms with Gasteiger partial charge in [0.1, 0.15) is 10.6 Å². The summed E-state index contributed by atoms with van der Waals surface area (Å²) in [7, 11) is -2.50. The fourth-order valence-corrected chi connectivity index (χ4v) is 3.94. The maximum Gasteiger partial charge on any atom is 0.309 e. The molecule has 1 aliphatic heterocycles. The van der Waals surface area contributed by atoms with E-state index in [1.807, 2.05) is 0 Å². The fraction of sp³-hybridized carbons (Fsp3) is 0.462. The van der Waals surface area contributed by atoms with Gasteiger partial charge in [-0.25, -0.2) is 8.42 Å². The van der Waals surface area contributed by atoms with Crippen molar-refractivity contribution < 1.29 is 23.1 Å². The SMILES string of the molecule is COC(=O)C1CCCN(S(=O)(=O)c2ccccc2O)C1. The highest BCUT2D eigenvalue weighted by Crippen LogP contribution is 2.28. The van der Waals surface area contributed by atoms with E-state index in [1.54, 1.807) is 12.1 Å². The minimum absolute atomic E-state index is 0.0866. The molecule has 1 aliphatic rings. The first-order valence-corrected chi connectivity index (χ1v) is 7.77. The van der Waals surface area contributed by atoms with Crippen molar-refractivity contribution in [2.24, 2.45) is 5.92 Å². The number of aromatic hydroxyl groups is 1. The number of sulfonamides is 1. The highest BCUT2D eigenvalue weighted by atomic mass is 32.2. The zero-order valence-corrected chi connectivity index (χ0v) is 12.0. The maximum atomic E-state index is 12.5. The van der Waals surface area contributed by atoms with Gasteiger partial charge in [-0.3, -0.25) is 4.79 Å². The van der Waals surface area contributed by atoms with E-state index in [0.717, 1.165) is 0 Å². The molecule has 110 valence electrons. The number of phenolic OH excluding ortho intramolecular Hbond substituents is 1. The van der Waals surface area contributed by atoms with Gasteiger partial charge in [0.2, 0.25) is 10.0 Å². The number of carbonyl (C=O) groups is 1. The second kappa shape index (κ2) is 5.80. The summed E-state index contributed by atoms with van der Waals surface area (Å²) in [6.45, 7) is 0.424. The predicted octanol–water partition coefficient (Wildman–Crippen LogP) is 0.966. The van der Waals surface area contributed by atoms with E-state index in [9.17, 15) is 18.3 Å². The van der Waals surface area contributed by atoms with Gasteiger partial charge in [0.15, 0.2) is 0 Å². The Hall–Kier alpha value is -1.60. The van der Waals surface area contributed by atoms with Crippen LogP contribution in [-0.4, -0.2) is 44.0 Å². The van der Waals surface area contributed by atoms with Crippen LogP contribution in [0.25, 0.3) is 0 Å². The van der Waals surface area contributed by atoms with Gasteiger partial charge in [0, 0.05) is 13.1 Å². The summed E-state index contributed by atoms with van der Waals surface area (Å²) in [6, 6.07) is 5.79. The van der Waals surface area contributed by atoms with Crippen LogP contribution in [0.3, 0.4) is 0 Å². The summed E-state index contributed by atoms with van der Waals surface area (Å²) in [6.07, 6.45) is 1.20. The second-order valence-electron chi connectivity index (χ2n) is 4.69. The molecule has 0 spiro atoms. The van der Waals surface area contributed by atoms with Crippen molar-refractivity contribution in [3.8, 4) is 5.75 Å². The lowest BCUT2D eigenvalue weighted by Gasteiger charge is -2.30. The molecule has 1 unspecified atom stereocenters. The Bertz CT molecular complexity index is 599. The molecule has 1 aromatic rings. The Kier molecular flexibility index (Phi) is 4.29. The van der Waals surface area contributed by atoms with Crippen LogP contribution >= 0.6 is 0 Å². The Morgan fingerprint density at radius 3 is 2.75 bits per heavy atom. The lowest BCUT2D eigenvalue weighted by atomic mass is 10.0. The standard InChI is InChI=1S/C13H17NO5S/c1-19-13(16)10-5-4-8-14(9-10)20(17,18)12-7-3-2-6-11(12)15/h2-3,6-7,10,15H,4-5,8-9H2,1H3. The highest BCUT2D eigenvalue weighted by molar-refractivity contribution is 7.89. The van der Waals surface area contributed by atoms with Crippen LogP contribution < -0.4 is 0 Å². The maximum absolute atomic E-state index is 12.5. The number of piperidine rings is 1. The molecular weight excluding hydrogens is 282 g/mol. The van der Waals surface area contributed by atoms with Crippen molar-refractivity contribution in [1.82, 2.24) is 4.31 Å². The second-order valence-corrected chi connectivity index (χ2v) is 6.60. The van der Waals surface area contributed by atoms with Gasteiger partial charge >= 0.3 is 5.97 Å². The van der Waals surface area contributed by atoms with Crippen LogP contribution in [-0.2, 0) is 19.6 Å². The van der Waals surface area contributed by atoms with Crippen LogP contribution in [0, 0.1) is 5.92 Å². The third-order valence-electron chi connectivity index (χ3n) is 3.40. The molecule has 0 radical (unpaired) electrons. The molecule has 6 nitrogen and oxygen atoms in total. The monoisotopic (exact) mass is 299 g/mol. The minimum Gasteiger partial charge on any atom is -0.507 e. The first-order valence-electron chi connectivity index (χ1n) is 6.33. The zero-order chi connectivity index (χ0) is 14.8. The van der Waals surface area contributed by atoms with Crippen molar-refractivity contribution >= 4 is 16.0 Å². The van der Waals surface area contributed by atoms with E-state index in [1.165, 1.54) is 23.5 Å². The Labute approximate surface area is 118 Å². The molecular formula is C13H17NO5S. The Balaban J connectivity index is 2.26. The summed E-state index contributed by atoms with van der Waals surface area (Å²) in [5.41, 5.74) is 0. The van der Waals surface area contributed by atoms with Gasteiger partial charge in [-0.1, -0.05) is 12.1 Å². The number of ether oxygens (including phenoxy) is 1. The van der Waals surface area contributed by atoms with Crippen LogP contribution in [0.5, 0.6) is 5.75 Å². The number of carbonyl (C=O) groups excluding carboxylic acids is 1. The number of phenols is 1. The van der Waals surface area contributed by atoms with Gasteiger partial charge < -0.3 is 9.84 Å². The van der Waals surface area contributed by atoms with Crippen molar-refractivity contribution in [2.75, 3.05) is 20.2 Å². The van der Waals surface area contributed by atoms with Gasteiger partial charge in [-0.05, 0) is 25.0 Å². The number of methoxy groups -OCH3 is 1. The summed E-state index contributed by atoms with van der Waals surface area (Å²) in [5, 5.41) is 9.70. The molecule has 0 aromatic heterocycles. The van der Waals surface area contributed by atoms with E-state index in [0.29, 0.717) is 19.4 Å². The first kappa shape index (κ1) is 14.8. The zero-order valence-electron chi connectivity index (χ0n) is 11.2. The lowest BCUT2D eigenvalue weighted by Crippen LogP contribution is -2.42. The normalized spacial score (nSPS) is 20.6. The largest absolute Gasteiger partial charge is 0.507 e. The number of nitrogens with zero attached hydrogens (tertiary/aromatic N) is 1. The molecule has 1 aromatic carbocycles. The Morgan fingerprint density at radius 2 is 2.10 bits per heavy atom. The first-order chi connectivity index (χ1) is 9.46. The van der Waals surface area contributed by atoms with E-state index >= 15 is 0 Å². The van der Waals surface area contributed by atoms with Gasteiger partial charge in [0.05, 0.1) is 13.0 Å². The summed E-state index contributed by atoms with van der Waals surface area (Å²) in [4.78, 5) is 11.4. The molecule has 1 N–H and O–H groups in total. The van der Waals surface area contributed by atoms with Crippen LogP contribution in [0.15, 0.2) is 29.2 Å². The molecule has 1 fully saturated rings. The van der Waals surface area contributed by atoms with Crippen molar-refractivity contribution in [3.63, 3.8) is 0 Å². The lowest BCUT2D eigenvalue weighted by molar-refractivity contribution is -0.146. The van der Waals surface area contributed by atoms with Crippen LogP contribution in [0.4, 0.5) is 0 Å². The minimum atomic E-state index is -3.79. The van der Waals surface area contributed by atoms with E-state index in [-0.39, 0.29) is 17.2 Å². The van der Waals surface area contributed by atoms with Crippen molar-refractivity contribution in [2.45, 2.75) is 17.7 Å². The number of esters is 1. The van der Waals surface area contributed by atoms with Gasteiger partial charge in [0.25, 0.3) is 0 Å². The van der Waals surface area contributed by atoms with Gasteiger partial charge in [-0.2, -0.15) is 4.31 Å². The third kappa shape index (κ3) is 2.78. The van der Waals surface area contributed by atoms with E-state index in [4.69, 9.17) is 0 Å². The Morgan fingerprint density at radius 1 is 1.40 bits per heavy atom. The van der Waals surface area contributed by atoms with Crippen LogP contribution in [0.1, 0.15) is 12.8 Å². The summed E-state index contributed by atoms with van der Waals surface area (Å²) < 4.78 is 30.9. The van der Waals surface area contributed by atoms with E-state index in [2.05, 4.69) is 4.74 Å². The van der Waals surface area contributed by atoms with Crippen LogP contribution in [0.2, 0.25) is 0 Å². The molecule has 7 heteroatoms. The number of hydrogen-bond donors (Lipinski definition) is 1. The molecule has 2 rings (SSSR count). The predicted molar refractivity (Wildman–Crippen MR) is 71.6 cm³/mol. The topological polar surface area (TPSA) is 83.9 Å².